The summed E-state index contributed by atoms with van der Waals surface area (Å²) in [5, 5.41) is 4.12. The third-order valence-electron chi connectivity index (χ3n) is 6.62. The number of hydrogen-bond acceptors (Lipinski definition) is 7. The van der Waals surface area contributed by atoms with Crippen molar-refractivity contribution in [3.05, 3.63) is 46.5 Å². The minimum atomic E-state index is -0.444. The first-order valence-electron chi connectivity index (χ1n) is 10.9. The lowest BCUT2D eigenvalue weighted by Crippen LogP contribution is -2.39. The van der Waals surface area contributed by atoms with Gasteiger partial charge in [0.25, 0.3) is 11.4 Å². The molecule has 10 heteroatoms. The molecule has 0 N–H and O–H groups in total. The number of halogens is 1. The average Bonchev–Trinajstić information content (AvgIpc) is 3.19. The Bertz CT molecular complexity index is 1380. The number of hydrogen-bond donors (Lipinski definition) is 0. The molecular weight excluding hydrogens is 415 g/mol. The molecule has 2 fully saturated rings. The van der Waals surface area contributed by atoms with Crippen LogP contribution in [-0.4, -0.2) is 61.8 Å². The fourth-order valence-corrected chi connectivity index (χ4v) is 4.34. The number of para-hydroxylation sites is 1. The molecule has 0 atom stereocenters. The lowest BCUT2D eigenvalue weighted by Gasteiger charge is -2.27. The normalized spacial score (nSPS) is 18.6. The maximum Gasteiger partial charge on any atom is 0.279 e. The van der Waals surface area contributed by atoms with E-state index in [1.165, 1.54) is 17.0 Å². The quantitative estimate of drug-likeness (QED) is 0.472. The van der Waals surface area contributed by atoms with Gasteiger partial charge in [-0.3, -0.25) is 14.1 Å². The van der Waals surface area contributed by atoms with Gasteiger partial charge in [0.2, 0.25) is 0 Å². The van der Waals surface area contributed by atoms with E-state index in [0.717, 1.165) is 25.9 Å². The third-order valence-corrected chi connectivity index (χ3v) is 6.62. The van der Waals surface area contributed by atoms with Crippen LogP contribution in [0.3, 0.4) is 0 Å². The van der Waals surface area contributed by atoms with E-state index >= 15 is 0 Å². The molecular formula is C22H23FN6O3. The minimum Gasteiger partial charge on any atom is -0.379 e. The van der Waals surface area contributed by atoms with Crippen molar-refractivity contribution in [1.29, 1.82) is 0 Å². The summed E-state index contributed by atoms with van der Waals surface area (Å²) >= 11 is 0. The number of rotatable bonds is 5. The van der Waals surface area contributed by atoms with Gasteiger partial charge in [0, 0.05) is 31.6 Å². The molecule has 166 valence electrons. The van der Waals surface area contributed by atoms with Crippen molar-refractivity contribution in [3.63, 3.8) is 0 Å². The van der Waals surface area contributed by atoms with Gasteiger partial charge in [-0.05, 0) is 25.0 Å². The van der Waals surface area contributed by atoms with E-state index in [1.54, 1.807) is 16.5 Å². The topological polar surface area (TPSA) is 90.7 Å². The second-order valence-electron chi connectivity index (χ2n) is 8.81. The predicted molar refractivity (Wildman–Crippen MR) is 114 cm³/mol. The number of nitrogens with zero attached hydrogens (tertiary/aromatic N) is 6. The molecule has 32 heavy (non-hydrogen) atoms. The van der Waals surface area contributed by atoms with Crippen molar-refractivity contribution in [2.24, 2.45) is 0 Å². The Morgan fingerprint density at radius 1 is 1.16 bits per heavy atom. The Morgan fingerprint density at radius 2 is 1.97 bits per heavy atom. The molecule has 0 unspecified atom stereocenters. The van der Waals surface area contributed by atoms with Crippen LogP contribution in [0.25, 0.3) is 28.1 Å². The molecule has 1 saturated heterocycles. The molecule has 1 aliphatic heterocycles. The van der Waals surface area contributed by atoms with E-state index in [2.05, 4.69) is 26.9 Å². The van der Waals surface area contributed by atoms with E-state index in [9.17, 15) is 9.18 Å². The molecule has 0 spiro atoms. The largest absolute Gasteiger partial charge is 0.379 e. The molecule has 0 amide bonds. The Kier molecular flexibility index (Phi) is 4.41. The van der Waals surface area contributed by atoms with Gasteiger partial charge in [0.05, 0.1) is 18.7 Å². The molecule has 4 heterocycles. The lowest BCUT2D eigenvalue weighted by atomic mass is 10.1. The second kappa shape index (κ2) is 7.21. The maximum absolute atomic E-state index is 14.9. The highest BCUT2D eigenvalue weighted by molar-refractivity contribution is 5.83. The van der Waals surface area contributed by atoms with Crippen molar-refractivity contribution in [1.82, 2.24) is 29.0 Å². The Hall–Kier alpha value is -3.11. The lowest BCUT2D eigenvalue weighted by molar-refractivity contribution is 0.0364. The Labute approximate surface area is 182 Å². The van der Waals surface area contributed by atoms with E-state index in [0.29, 0.717) is 48.9 Å². The van der Waals surface area contributed by atoms with E-state index in [4.69, 9.17) is 9.26 Å². The van der Waals surface area contributed by atoms with Gasteiger partial charge in [0.1, 0.15) is 23.2 Å². The first-order valence-corrected chi connectivity index (χ1v) is 10.9. The molecule has 1 aromatic carbocycles. The smallest absolute Gasteiger partial charge is 0.279 e. The van der Waals surface area contributed by atoms with Crippen LogP contribution in [0, 0.1) is 5.82 Å². The molecule has 2 aliphatic rings. The van der Waals surface area contributed by atoms with Gasteiger partial charge in [-0.2, -0.15) is 4.98 Å². The zero-order valence-electron chi connectivity index (χ0n) is 17.8. The third kappa shape index (κ3) is 3.05. The van der Waals surface area contributed by atoms with Crippen LogP contribution in [0.2, 0.25) is 0 Å². The van der Waals surface area contributed by atoms with Crippen LogP contribution in [0.1, 0.15) is 25.6 Å². The maximum atomic E-state index is 14.9. The summed E-state index contributed by atoms with van der Waals surface area (Å²) in [4.78, 5) is 24.8. The van der Waals surface area contributed by atoms with Crippen LogP contribution < -0.4 is 5.56 Å². The Balaban J connectivity index is 1.50. The zero-order chi connectivity index (χ0) is 21.9. The average molecular weight is 438 g/mol. The van der Waals surface area contributed by atoms with Gasteiger partial charge >= 0.3 is 0 Å². The van der Waals surface area contributed by atoms with Crippen molar-refractivity contribution in [2.45, 2.75) is 31.7 Å². The first-order chi connectivity index (χ1) is 15.5. The van der Waals surface area contributed by atoms with Crippen LogP contribution in [0.15, 0.2) is 33.8 Å². The van der Waals surface area contributed by atoms with E-state index in [1.807, 2.05) is 0 Å². The molecule has 9 nitrogen and oxygen atoms in total. The Morgan fingerprint density at radius 3 is 2.75 bits per heavy atom. The van der Waals surface area contributed by atoms with Crippen molar-refractivity contribution in [2.75, 3.05) is 32.8 Å². The molecule has 0 radical (unpaired) electrons. The SMILES string of the molecule is CC1(c2noc(-c3ncn4c3c(=O)n(CCN3CCOCC3)c3c(F)cccc34)n2)CC1. The summed E-state index contributed by atoms with van der Waals surface area (Å²) in [5.41, 5.74) is 1.06. The zero-order valence-corrected chi connectivity index (χ0v) is 17.8. The number of benzene rings is 1. The fourth-order valence-electron chi connectivity index (χ4n) is 4.34. The predicted octanol–water partition coefficient (Wildman–Crippen LogP) is 2.22. The van der Waals surface area contributed by atoms with Crippen molar-refractivity contribution in [3.8, 4) is 11.6 Å². The molecule has 6 rings (SSSR count). The highest BCUT2D eigenvalue weighted by Crippen LogP contribution is 2.46. The number of ether oxygens (including phenoxy) is 1. The van der Waals surface area contributed by atoms with Crippen LogP contribution in [-0.2, 0) is 16.7 Å². The highest BCUT2D eigenvalue weighted by atomic mass is 19.1. The summed E-state index contributed by atoms with van der Waals surface area (Å²) in [7, 11) is 0. The van der Waals surface area contributed by atoms with Gasteiger partial charge in [-0.15, -0.1) is 0 Å². The first kappa shape index (κ1) is 19.6. The molecule has 0 bridgehead atoms. The molecule has 1 saturated carbocycles. The van der Waals surface area contributed by atoms with Crippen LogP contribution >= 0.6 is 0 Å². The molecule has 1 aliphatic carbocycles. The number of morpholine rings is 1. The van der Waals surface area contributed by atoms with Gasteiger partial charge in [0.15, 0.2) is 11.5 Å². The van der Waals surface area contributed by atoms with Crippen LogP contribution in [0.5, 0.6) is 0 Å². The van der Waals surface area contributed by atoms with Crippen molar-refractivity contribution < 1.29 is 13.7 Å². The van der Waals surface area contributed by atoms with E-state index < -0.39 is 5.82 Å². The molecule has 3 aromatic heterocycles. The van der Waals surface area contributed by atoms with Gasteiger partial charge in [-0.25, -0.2) is 9.37 Å². The van der Waals surface area contributed by atoms with Crippen LogP contribution in [0.4, 0.5) is 4.39 Å². The summed E-state index contributed by atoms with van der Waals surface area (Å²) in [6.07, 6.45) is 3.53. The monoisotopic (exact) mass is 438 g/mol. The number of aromatic nitrogens is 5. The summed E-state index contributed by atoms with van der Waals surface area (Å²) < 4.78 is 28.9. The minimum absolute atomic E-state index is 0.0640. The standard InChI is InChI=1S/C22H23FN6O3/c1-22(5-6-22)21-25-19(32-26-21)16-18-20(30)28(8-7-27-9-11-31-12-10-27)17-14(23)3-2-4-15(17)29(18)13-24-16/h2-4,13H,5-12H2,1H3. The highest BCUT2D eigenvalue weighted by Gasteiger charge is 2.44. The van der Waals surface area contributed by atoms with E-state index in [-0.39, 0.29) is 22.4 Å². The van der Waals surface area contributed by atoms with Gasteiger partial charge < -0.3 is 13.8 Å². The second-order valence-corrected chi connectivity index (χ2v) is 8.81. The fraction of sp³-hybridized carbons (Fsp3) is 0.455. The number of imidazole rings is 1. The van der Waals surface area contributed by atoms with Crippen molar-refractivity contribution >= 4 is 16.6 Å². The summed E-state index contributed by atoms with van der Waals surface area (Å²) in [5.74, 6) is 0.400. The number of fused-ring (bicyclic) bond motifs is 3. The summed E-state index contributed by atoms with van der Waals surface area (Å²) in [6.45, 7) is 5.96. The summed E-state index contributed by atoms with van der Waals surface area (Å²) in [6, 6.07) is 4.79. The molecule has 4 aromatic rings. The van der Waals surface area contributed by atoms with Gasteiger partial charge in [-0.1, -0.05) is 18.1 Å².